The minimum atomic E-state index is -0.716. The Morgan fingerprint density at radius 3 is 1.02 bits per heavy atom. The van der Waals surface area contributed by atoms with Crippen LogP contribution in [0.1, 0.15) is 140 Å². The lowest BCUT2D eigenvalue weighted by atomic mass is 9.62. The molecule has 14 heteroatoms. The molecule has 0 amide bonds. The van der Waals surface area contributed by atoms with Crippen molar-refractivity contribution in [2.45, 2.75) is 177 Å². The fraction of sp³-hybridized carbons (Fsp3) is 0.545. The first kappa shape index (κ1) is 49.9. The van der Waals surface area contributed by atoms with Gasteiger partial charge in [-0.15, -0.1) is 0 Å². The SMILES string of the molecule is [C-]#[N+]c1cc2c(cc1[N+]#[C-])Oc1cc3c(cc1O2)C(C)(C)C[C@@]31CC(C)(C)C2CC3OC4C(C#N)C5OC6CC7C(CC6OC5C(C#N)C4OC3CC21)C(C)(C)C[C@]71CC(C)(C)c2cc3c(cc21)Oc1cc(C#N)c(C#N)cc1O3. The van der Waals surface area contributed by atoms with E-state index in [1.807, 2.05) is 0 Å². The van der Waals surface area contributed by atoms with Crippen LogP contribution in [0.5, 0.6) is 46.0 Å². The number of fused-ring (bicyclic) bond motifs is 16. The highest BCUT2D eigenvalue weighted by atomic mass is 16.6. The molecule has 2 spiro atoms. The predicted octanol–water partition coefficient (Wildman–Crippen LogP) is 14.1. The Morgan fingerprint density at radius 2 is 0.713 bits per heavy atom. The molecule has 80 heavy (non-hydrogen) atoms. The van der Waals surface area contributed by atoms with Crippen molar-refractivity contribution in [1.29, 1.82) is 21.0 Å². The summed E-state index contributed by atoms with van der Waals surface area (Å²) < 4.78 is 55.3. The van der Waals surface area contributed by atoms with Crippen LogP contribution >= 0.6 is 0 Å². The molecule has 15 rings (SSSR count). The molecule has 7 fully saturated rings. The van der Waals surface area contributed by atoms with Crippen LogP contribution in [0, 0.1) is 105 Å². The second kappa shape index (κ2) is 16.3. The van der Waals surface area contributed by atoms with Crippen LogP contribution in [0.25, 0.3) is 9.69 Å². The second-order valence-electron chi connectivity index (χ2n) is 28.2. The first-order chi connectivity index (χ1) is 38.2. The number of hydrogen-bond donors (Lipinski definition) is 0. The largest absolute Gasteiger partial charge is 0.451 e. The third kappa shape index (κ3) is 6.60. The molecule has 0 N–H and O–H groups in total. The first-order valence-corrected chi connectivity index (χ1v) is 28.6. The van der Waals surface area contributed by atoms with E-state index in [0.717, 1.165) is 51.4 Å². The summed E-state index contributed by atoms with van der Waals surface area (Å²) in [6.07, 6.45) is 2.98. The summed E-state index contributed by atoms with van der Waals surface area (Å²) in [6, 6.07) is 24.5. The summed E-state index contributed by atoms with van der Waals surface area (Å²) in [5.74, 6) is 3.64. The van der Waals surface area contributed by atoms with Crippen molar-refractivity contribution in [1.82, 2.24) is 0 Å². The van der Waals surface area contributed by atoms with Gasteiger partial charge in [0.1, 0.15) is 48.4 Å². The van der Waals surface area contributed by atoms with Crippen LogP contribution in [0.3, 0.4) is 0 Å². The highest BCUT2D eigenvalue weighted by Gasteiger charge is 2.70. The molecule has 11 aliphatic rings. The smallest absolute Gasteiger partial charge is 0.198 e. The van der Waals surface area contributed by atoms with E-state index >= 15 is 0 Å². The van der Waals surface area contributed by atoms with E-state index < -0.39 is 36.3 Å². The van der Waals surface area contributed by atoms with Gasteiger partial charge in [-0.1, -0.05) is 55.4 Å². The summed E-state index contributed by atoms with van der Waals surface area (Å²) in [5, 5.41) is 42.1. The average molecular weight is 1070 g/mol. The van der Waals surface area contributed by atoms with Gasteiger partial charge in [0.15, 0.2) is 57.4 Å². The Kier molecular flexibility index (Phi) is 10.2. The monoisotopic (exact) mass is 1070 g/mol. The zero-order valence-corrected chi connectivity index (χ0v) is 46.3. The minimum absolute atomic E-state index is 0.0677. The molecular weight excluding hydrogens is 1000 g/mol. The van der Waals surface area contributed by atoms with Gasteiger partial charge in [-0.3, -0.25) is 0 Å². The van der Waals surface area contributed by atoms with Crippen LogP contribution in [0.4, 0.5) is 11.4 Å². The number of hydrogen-bond acceptors (Lipinski definition) is 12. The van der Waals surface area contributed by atoms with Crippen molar-refractivity contribution >= 4 is 11.4 Å². The highest BCUT2D eigenvalue weighted by molar-refractivity contribution is 5.77. The van der Waals surface area contributed by atoms with E-state index in [1.165, 1.54) is 22.3 Å². The molecule has 404 valence electrons. The first-order valence-electron chi connectivity index (χ1n) is 28.6. The summed E-state index contributed by atoms with van der Waals surface area (Å²) in [6.45, 7) is 34.2. The lowest BCUT2D eigenvalue weighted by molar-refractivity contribution is -0.333. The molecule has 0 radical (unpaired) electrons. The maximum atomic E-state index is 11.3. The molecule has 4 aromatic rings. The van der Waals surface area contributed by atoms with Crippen LogP contribution in [-0.2, 0) is 40.6 Å². The maximum absolute atomic E-state index is 11.3. The lowest BCUT2D eigenvalue weighted by Crippen LogP contribution is -2.69. The van der Waals surface area contributed by atoms with E-state index in [2.05, 4.69) is 114 Å². The standard InChI is InChI=1S/C66H62N6O8/c1-61(2)27-65(39-17-49-47(13-35(39)61)73-45-11-31(23-67)32(24-68)12-46(45)74-49)29-63(5,6)37-15-51-53(19-41(37)65)79-59-33(25-69)58-60(34(26-70)57(59)77-51)80-54-20-42-38(16-52(54)78-58)64(7,8)30-66(42)28-62(3,4)36-14-48-50(18-40(36)66)76-56-22-44(72-10)43(71-9)21-55(56)75-48/h11-14,17-18,21-22,33-34,37-38,41-42,51-54,57-60H,15-16,19-20,27-30H2,1-8H3/t33?,34?,37?,38?,41?,42?,51?,52?,53?,54?,57?,58?,59?,60?,65-,66+/m0/s1. The van der Waals surface area contributed by atoms with Crippen LogP contribution in [0.2, 0.25) is 0 Å². The Hall–Kier alpha value is -7.14. The number of nitrogens with zero attached hydrogens (tertiary/aromatic N) is 6. The van der Waals surface area contributed by atoms with Gasteiger partial charge in [0.25, 0.3) is 0 Å². The van der Waals surface area contributed by atoms with Crippen LogP contribution in [0.15, 0.2) is 48.5 Å². The van der Waals surface area contributed by atoms with Gasteiger partial charge < -0.3 is 37.9 Å². The lowest BCUT2D eigenvalue weighted by Gasteiger charge is -2.58. The molecule has 5 saturated carbocycles. The van der Waals surface area contributed by atoms with Gasteiger partial charge in [0.2, 0.25) is 0 Å². The van der Waals surface area contributed by atoms with Gasteiger partial charge >= 0.3 is 0 Å². The molecule has 7 aliphatic carbocycles. The minimum Gasteiger partial charge on any atom is -0.451 e. The zero-order valence-electron chi connectivity index (χ0n) is 46.3. The Labute approximate surface area is 467 Å². The number of benzene rings is 4. The van der Waals surface area contributed by atoms with Gasteiger partial charge in [0, 0.05) is 23.0 Å². The normalized spacial score (nSPS) is 38.0. The van der Waals surface area contributed by atoms with E-state index in [4.69, 9.17) is 51.0 Å². The maximum Gasteiger partial charge on any atom is 0.198 e. The van der Waals surface area contributed by atoms with E-state index in [9.17, 15) is 21.0 Å². The topological polar surface area (TPSA) is 178 Å². The summed E-state index contributed by atoms with van der Waals surface area (Å²) >= 11 is 0. The van der Waals surface area contributed by atoms with Crippen LogP contribution in [-0.4, -0.2) is 48.8 Å². The van der Waals surface area contributed by atoms with Gasteiger partial charge in [-0.2, -0.15) is 21.0 Å². The molecule has 16 atom stereocenters. The molecule has 4 aliphatic heterocycles. The van der Waals surface area contributed by atoms with Crippen molar-refractivity contribution in [2.24, 2.45) is 46.3 Å². The Morgan fingerprint density at radius 1 is 0.412 bits per heavy atom. The molecule has 14 unspecified atom stereocenters. The molecule has 0 aromatic heterocycles. The van der Waals surface area contributed by atoms with Crippen molar-refractivity contribution in [3.63, 3.8) is 0 Å². The quantitative estimate of drug-likeness (QED) is 0.132. The third-order valence-electron chi connectivity index (χ3n) is 22.1. The summed E-state index contributed by atoms with van der Waals surface area (Å²) in [5.41, 5.74) is 4.92. The Bertz CT molecular complexity index is 3490. The second-order valence-corrected chi connectivity index (χ2v) is 28.2. The summed E-state index contributed by atoms with van der Waals surface area (Å²) in [7, 11) is 0. The number of ether oxygens (including phenoxy) is 8. The van der Waals surface area contributed by atoms with E-state index in [-0.39, 0.29) is 103 Å². The zero-order chi connectivity index (χ0) is 55.5. The third-order valence-corrected chi connectivity index (χ3v) is 22.1. The van der Waals surface area contributed by atoms with E-state index in [1.54, 1.807) is 24.3 Å². The van der Waals surface area contributed by atoms with Gasteiger partial charge in [-0.05, 0) is 155 Å². The number of nitriles is 4. The highest BCUT2D eigenvalue weighted by Crippen LogP contribution is 2.73. The molecular formula is C66H62N6O8. The van der Waals surface area contributed by atoms with Crippen molar-refractivity contribution in [3.8, 4) is 70.3 Å². The van der Waals surface area contributed by atoms with Gasteiger partial charge in [0.05, 0.1) is 60.8 Å². The molecule has 4 aromatic carbocycles. The molecule has 4 heterocycles. The molecule has 0 bridgehead atoms. The predicted molar refractivity (Wildman–Crippen MR) is 289 cm³/mol. The van der Waals surface area contributed by atoms with Crippen molar-refractivity contribution < 1.29 is 37.9 Å². The Balaban J connectivity index is 0.712. The van der Waals surface area contributed by atoms with E-state index in [0.29, 0.717) is 46.0 Å². The molecule has 14 nitrogen and oxygen atoms in total. The van der Waals surface area contributed by atoms with Crippen molar-refractivity contribution in [3.05, 3.63) is 105 Å². The number of rotatable bonds is 0. The fourth-order valence-electron chi connectivity index (χ4n) is 19.5. The fourth-order valence-corrected chi connectivity index (χ4v) is 19.5. The summed E-state index contributed by atoms with van der Waals surface area (Å²) in [4.78, 5) is 7.15. The molecule has 2 saturated heterocycles. The van der Waals surface area contributed by atoms with Crippen molar-refractivity contribution in [2.75, 3.05) is 0 Å². The van der Waals surface area contributed by atoms with Crippen LogP contribution < -0.4 is 18.9 Å². The average Bonchev–Trinajstić information content (AvgIpc) is 3.68. The van der Waals surface area contributed by atoms with Gasteiger partial charge in [-0.25, -0.2) is 9.69 Å².